The molecule has 0 spiro atoms. The maximum absolute atomic E-state index is 13.9. The first-order valence-electron chi connectivity index (χ1n) is 12.5. The lowest BCUT2D eigenvalue weighted by atomic mass is 10.1. The van der Waals surface area contributed by atoms with Crippen molar-refractivity contribution in [1.82, 2.24) is 24.1 Å². The number of benzene rings is 2. The third-order valence-corrected chi connectivity index (χ3v) is 7.03. The topological polar surface area (TPSA) is 65.6 Å². The summed E-state index contributed by atoms with van der Waals surface area (Å²) in [6.45, 7) is 5.23. The van der Waals surface area contributed by atoms with Crippen LogP contribution in [0.5, 0.6) is 0 Å². The van der Waals surface area contributed by atoms with Gasteiger partial charge in [-0.3, -0.25) is 9.36 Å². The molecule has 35 heavy (non-hydrogen) atoms. The summed E-state index contributed by atoms with van der Waals surface area (Å²) in [5, 5.41) is 1.16. The fourth-order valence-electron chi connectivity index (χ4n) is 4.74. The molecule has 0 aliphatic heterocycles. The lowest BCUT2D eigenvalue weighted by Gasteiger charge is -2.12. The van der Waals surface area contributed by atoms with Crippen molar-refractivity contribution in [2.45, 2.75) is 65.5 Å². The number of hydrogen-bond acceptors (Lipinski definition) is 4. The van der Waals surface area contributed by atoms with Gasteiger partial charge in [-0.15, -0.1) is 0 Å². The summed E-state index contributed by atoms with van der Waals surface area (Å²) in [5.74, 6) is 0.652. The van der Waals surface area contributed by atoms with Crippen molar-refractivity contribution in [3.8, 4) is 0 Å². The van der Waals surface area contributed by atoms with E-state index in [0.29, 0.717) is 33.9 Å². The Hall–Kier alpha value is -3.25. The van der Waals surface area contributed by atoms with Gasteiger partial charge in [-0.25, -0.2) is 15.0 Å². The van der Waals surface area contributed by atoms with Gasteiger partial charge in [0.2, 0.25) is 0 Å². The molecule has 0 fully saturated rings. The van der Waals surface area contributed by atoms with E-state index >= 15 is 0 Å². The molecule has 3 aromatic heterocycles. The minimum absolute atomic E-state index is 0.108. The number of para-hydroxylation sites is 2. The predicted octanol–water partition coefficient (Wildman–Crippen LogP) is 6.67. The first-order chi connectivity index (χ1) is 17.1. The molecule has 7 heteroatoms. The molecule has 0 saturated carbocycles. The van der Waals surface area contributed by atoms with Gasteiger partial charge in [0.15, 0.2) is 11.3 Å². The molecule has 180 valence electrons. The molecule has 3 heterocycles. The summed E-state index contributed by atoms with van der Waals surface area (Å²) in [7, 11) is 0. The van der Waals surface area contributed by atoms with Gasteiger partial charge >= 0.3 is 0 Å². The van der Waals surface area contributed by atoms with Crippen LogP contribution in [0.25, 0.3) is 33.2 Å². The van der Waals surface area contributed by atoms with Crippen molar-refractivity contribution in [3.05, 3.63) is 75.3 Å². The molecule has 5 aromatic rings. The van der Waals surface area contributed by atoms with Crippen molar-refractivity contribution in [3.63, 3.8) is 0 Å². The summed E-state index contributed by atoms with van der Waals surface area (Å²) >= 11 is 6.40. The first-order valence-corrected chi connectivity index (χ1v) is 12.9. The Morgan fingerprint density at radius 3 is 2.26 bits per heavy atom. The van der Waals surface area contributed by atoms with E-state index in [1.165, 1.54) is 25.7 Å². The van der Waals surface area contributed by atoms with Crippen LogP contribution in [0.3, 0.4) is 0 Å². The van der Waals surface area contributed by atoms with Gasteiger partial charge in [0, 0.05) is 11.6 Å². The third kappa shape index (κ3) is 4.55. The summed E-state index contributed by atoms with van der Waals surface area (Å²) in [6, 6.07) is 15.4. The maximum atomic E-state index is 13.9. The number of nitrogens with zero attached hydrogens (tertiary/aromatic N) is 5. The Balaban J connectivity index is 1.65. The van der Waals surface area contributed by atoms with E-state index in [1.807, 2.05) is 55.5 Å². The van der Waals surface area contributed by atoms with Crippen LogP contribution in [0.4, 0.5) is 0 Å². The molecule has 0 atom stereocenters. The first kappa shape index (κ1) is 23.5. The van der Waals surface area contributed by atoms with Gasteiger partial charge in [0.05, 0.1) is 17.6 Å². The van der Waals surface area contributed by atoms with Gasteiger partial charge in [-0.05, 0) is 37.1 Å². The molecule has 0 aliphatic carbocycles. The van der Waals surface area contributed by atoms with Crippen LogP contribution in [0.1, 0.15) is 56.8 Å². The number of fused-ring (bicyclic) bond motifs is 4. The van der Waals surface area contributed by atoms with Crippen LogP contribution in [-0.2, 0) is 13.1 Å². The second kappa shape index (κ2) is 10.2. The smallest absolute Gasteiger partial charge is 0.265 e. The average Bonchev–Trinajstić information content (AvgIpc) is 3.15. The molecule has 5 rings (SSSR count). The van der Waals surface area contributed by atoms with Gasteiger partial charge < -0.3 is 4.57 Å². The van der Waals surface area contributed by atoms with Crippen LogP contribution in [0.2, 0.25) is 5.02 Å². The Bertz CT molecular complexity index is 1570. The Morgan fingerprint density at radius 2 is 1.49 bits per heavy atom. The van der Waals surface area contributed by atoms with Crippen LogP contribution < -0.4 is 5.56 Å². The molecule has 2 aromatic carbocycles. The molecule has 0 amide bonds. The largest absolute Gasteiger partial charge is 0.308 e. The number of unbranched alkanes of at least 4 members (excludes halogenated alkanes) is 5. The highest BCUT2D eigenvalue weighted by molar-refractivity contribution is 6.31. The van der Waals surface area contributed by atoms with E-state index in [0.717, 1.165) is 41.6 Å². The van der Waals surface area contributed by atoms with E-state index in [2.05, 4.69) is 11.5 Å². The van der Waals surface area contributed by atoms with Crippen LogP contribution in [0, 0.1) is 6.92 Å². The zero-order chi connectivity index (χ0) is 24.4. The Labute approximate surface area is 209 Å². The summed E-state index contributed by atoms with van der Waals surface area (Å²) in [5.41, 5.74) is 4.39. The third-order valence-electron chi connectivity index (χ3n) is 6.66. The van der Waals surface area contributed by atoms with Crippen LogP contribution >= 0.6 is 11.6 Å². The molecule has 0 saturated heterocycles. The maximum Gasteiger partial charge on any atom is 0.265 e. The van der Waals surface area contributed by atoms with Gasteiger partial charge in [-0.1, -0.05) is 81.0 Å². The highest BCUT2D eigenvalue weighted by Crippen LogP contribution is 2.26. The summed E-state index contributed by atoms with van der Waals surface area (Å²) in [4.78, 5) is 28.6. The number of hydrogen-bond donors (Lipinski definition) is 0. The van der Waals surface area contributed by atoms with Crippen molar-refractivity contribution < 1.29 is 0 Å². The zero-order valence-electron chi connectivity index (χ0n) is 20.3. The highest BCUT2D eigenvalue weighted by atomic mass is 35.5. The number of rotatable bonds is 9. The highest BCUT2D eigenvalue weighted by Gasteiger charge is 2.21. The summed E-state index contributed by atoms with van der Waals surface area (Å²) < 4.78 is 3.78. The van der Waals surface area contributed by atoms with E-state index in [-0.39, 0.29) is 5.56 Å². The van der Waals surface area contributed by atoms with E-state index in [1.54, 1.807) is 4.57 Å². The minimum Gasteiger partial charge on any atom is -0.308 e. The Kier molecular flexibility index (Phi) is 6.82. The number of aromatic nitrogens is 5. The molecule has 0 aliphatic rings. The molecule has 0 N–H and O–H groups in total. The normalized spacial score (nSPS) is 11.7. The Morgan fingerprint density at radius 1 is 0.800 bits per heavy atom. The van der Waals surface area contributed by atoms with E-state index in [4.69, 9.17) is 26.6 Å². The summed E-state index contributed by atoms with van der Waals surface area (Å²) in [6.07, 6.45) is 7.15. The van der Waals surface area contributed by atoms with Crippen molar-refractivity contribution in [1.29, 1.82) is 0 Å². The molecule has 6 nitrogen and oxygen atoms in total. The molecule has 0 radical (unpaired) electrons. The quantitative estimate of drug-likeness (QED) is 0.218. The second-order valence-electron chi connectivity index (χ2n) is 9.14. The average molecular weight is 488 g/mol. The van der Waals surface area contributed by atoms with Gasteiger partial charge in [-0.2, -0.15) is 0 Å². The lowest BCUT2D eigenvalue weighted by molar-refractivity contribution is 0.567. The SMILES string of the molecule is CCCCCCCCn1c2nc3ccccc3nc2c2c(=O)n(Cc3ccccc3Cl)c(C)nc21. The van der Waals surface area contributed by atoms with E-state index in [9.17, 15) is 4.79 Å². The predicted molar refractivity (Wildman–Crippen MR) is 143 cm³/mol. The molecular weight excluding hydrogens is 458 g/mol. The lowest BCUT2D eigenvalue weighted by Crippen LogP contribution is -2.25. The van der Waals surface area contributed by atoms with Gasteiger partial charge in [0.1, 0.15) is 16.7 Å². The molecule has 0 unspecified atom stereocenters. The van der Waals surface area contributed by atoms with Crippen molar-refractivity contribution in [2.24, 2.45) is 0 Å². The van der Waals surface area contributed by atoms with Crippen molar-refractivity contribution >= 4 is 44.8 Å². The minimum atomic E-state index is -0.108. The standard InChI is InChI=1S/C28H30ClN5O/c1-3-4-5-6-7-12-17-33-26-24(25-27(33)32-23-16-11-10-15-22(23)31-25)28(35)34(19(2)30-26)18-20-13-8-9-14-21(20)29/h8-11,13-16H,3-7,12,17-18H2,1-2H3. The number of aryl methyl sites for hydroxylation is 2. The number of halogens is 1. The molecular formula is C28H30ClN5O. The van der Waals surface area contributed by atoms with Gasteiger partial charge in [0.25, 0.3) is 5.56 Å². The van der Waals surface area contributed by atoms with Crippen molar-refractivity contribution in [2.75, 3.05) is 0 Å². The zero-order valence-corrected chi connectivity index (χ0v) is 21.1. The second-order valence-corrected chi connectivity index (χ2v) is 9.55. The van der Waals surface area contributed by atoms with Crippen LogP contribution in [-0.4, -0.2) is 24.1 Å². The fourth-order valence-corrected chi connectivity index (χ4v) is 4.94. The monoisotopic (exact) mass is 487 g/mol. The fraction of sp³-hybridized carbons (Fsp3) is 0.357. The molecule has 0 bridgehead atoms. The van der Waals surface area contributed by atoms with Crippen LogP contribution in [0.15, 0.2) is 53.3 Å². The van der Waals surface area contributed by atoms with E-state index < -0.39 is 0 Å².